The fraction of sp³-hybridized carbons (Fsp3) is 0.556. The number of benzene rings is 1. The Balaban J connectivity index is 2.31. The number of carbonyl (C=O) groups is 1. The van der Waals surface area contributed by atoms with Gasteiger partial charge in [-0.15, -0.1) is 0 Å². The van der Waals surface area contributed by atoms with Crippen LogP contribution < -0.4 is 10.6 Å². The predicted octanol–water partition coefficient (Wildman–Crippen LogP) is 0.157. The van der Waals surface area contributed by atoms with Crippen molar-refractivity contribution in [3.8, 4) is 0 Å². The van der Waals surface area contributed by atoms with E-state index in [0.717, 1.165) is 12.0 Å². The molecule has 0 aliphatic rings. The first-order chi connectivity index (χ1) is 12.7. The normalized spacial score (nSPS) is 11.9. The molecule has 1 amide bonds. The molecule has 0 bridgehead atoms. The first-order valence-corrected chi connectivity index (χ1v) is 10.8. The van der Waals surface area contributed by atoms with Crippen molar-refractivity contribution in [2.45, 2.75) is 6.42 Å². The van der Waals surface area contributed by atoms with Crippen LogP contribution in [0.5, 0.6) is 0 Å². The van der Waals surface area contributed by atoms with Crippen molar-refractivity contribution in [2.75, 3.05) is 59.5 Å². The number of nitrogens with one attached hydrogen (secondary N) is 2. The van der Waals surface area contributed by atoms with Gasteiger partial charge >= 0.3 is 0 Å². The van der Waals surface area contributed by atoms with Gasteiger partial charge < -0.3 is 20.3 Å². The van der Waals surface area contributed by atoms with Crippen molar-refractivity contribution >= 4 is 21.7 Å². The highest BCUT2D eigenvalue weighted by atomic mass is 32.2. The number of nitrogens with zero attached hydrogens (tertiary/aromatic N) is 2. The number of carbonyl (C=O) groups excluding carboxylic acids is 1. The first kappa shape index (κ1) is 22.9. The maximum Gasteiger partial charge on any atom is 0.253 e. The van der Waals surface area contributed by atoms with Crippen LogP contribution in [0, 0.1) is 0 Å². The highest BCUT2D eigenvalue weighted by molar-refractivity contribution is 7.90. The molecule has 1 rings (SSSR count). The van der Waals surface area contributed by atoms with Crippen LogP contribution in [0.25, 0.3) is 0 Å². The second-order valence-electron chi connectivity index (χ2n) is 6.32. The minimum absolute atomic E-state index is 0.0156. The number of sulfone groups is 1. The Morgan fingerprint density at radius 1 is 1.19 bits per heavy atom. The summed E-state index contributed by atoms with van der Waals surface area (Å²) < 4.78 is 27.3. The molecule has 0 fully saturated rings. The second kappa shape index (κ2) is 11.6. The summed E-state index contributed by atoms with van der Waals surface area (Å²) in [7, 11) is 2.15. The third-order valence-electron chi connectivity index (χ3n) is 3.65. The highest BCUT2D eigenvalue weighted by Crippen LogP contribution is 2.07. The number of rotatable bonds is 10. The Bertz CT molecular complexity index is 733. The lowest BCUT2D eigenvalue weighted by Gasteiger charge is -2.13. The molecule has 152 valence electrons. The van der Waals surface area contributed by atoms with Gasteiger partial charge in [-0.1, -0.05) is 12.1 Å². The summed E-state index contributed by atoms with van der Waals surface area (Å²) in [5.74, 6) is 0.649. The van der Waals surface area contributed by atoms with Crippen LogP contribution in [0.2, 0.25) is 0 Å². The zero-order chi connectivity index (χ0) is 20.3. The average Bonchev–Trinajstić information content (AvgIpc) is 2.61. The largest absolute Gasteiger partial charge is 0.379 e. The fourth-order valence-corrected chi connectivity index (χ4v) is 2.64. The Kier molecular flexibility index (Phi) is 9.81. The smallest absolute Gasteiger partial charge is 0.253 e. The van der Waals surface area contributed by atoms with Crippen molar-refractivity contribution in [3.63, 3.8) is 0 Å². The molecular formula is C18H30N4O4S. The number of hydrogen-bond acceptors (Lipinski definition) is 5. The van der Waals surface area contributed by atoms with Crippen LogP contribution in [-0.4, -0.2) is 84.6 Å². The topological polar surface area (TPSA) is 100 Å². The standard InChI is InChI=1S/C18H30N4O4S/c1-19-18(21-10-11-26-12-13-27(4,24)25)20-9-8-15-6-5-7-16(14-15)17(23)22(2)3/h5-7,14H,8-13H2,1-4H3,(H2,19,20,21). The number of hydrogen-bond donors (Lipinski definition) is 2. The fourth-order valence-electron chi connectivity index (χ4n) is 2.22. The van der Waals surface area contributed by atoms with E-state index < -0.39 is 9.84 Å². The number of ether oxygens (including phenoxy) is 1. The number of aliphatic imine (C=N–C) groups is 1. The van der Waals surface area contributed by atoms with Gasteiger partial charge in [0.15, 0.2) is 5.96 Å². The van der Waals surface area contributed by atoms with E-state index in [2.05, 4.69) is 15.6 Å². The third kappa shape index (κ3) is 9.95. The monoisotopic (exact) mass is 398 g/mol. The summed E-state index contributed by atoms with van der Waals surface area (Å²) in [5.41, 5.74) is 1.74. The first-order valence-electron chi connectivity index (χ1n) is 8.73. The molecule has 0 radical (unpaired) electrons. The molecule has 0 aliphatic carbocycles. The molecule has 0 spiro atoms. The van der Waals surface area contributed by atoms with E-state index in [1.54, 1.807) is 26.0 Å². The molecule has 1 aromatic carbocycles. The van der Waals surface area contributed by atoms with E-state index in [0.29, 0.717) is 31.2 Å². The van der Waals surface area contributed by atoms with E-state index in [4.69, 9.17) is 4.74 Å². The molecule has 0 aliphatic heterocycles. The van der Waals surface area contributed by atoms with Crippen LogP contribution >= 0.6 is 0 Å². The SMILES string of the molecule is CN=C(NCCOCCS(C)(=O)=O)NCCc1cccc(C(=O)N(C)C)c1. The lowest BCUT2D eigenvalue weighted by atomic mass is 10.1. The molecule has 0 saturated carbocycles. The van der Waals surface area contributed by atoms with Gasteiger partial charge in [0.05, 0.1) is 19.0 Å². The van der Waals surface area contributed by atoms with Gasteiger partial charge in [-0.3, -0.25) is 9.79 Å². The summed E-state index contributed by atoms with van der Waals surface area (Å²) in [4.78, 5) is 17.7. The van der Waals surface area contributed by atoms with E-state index in [9.17, 15) is 13.2 Å². The van der Waals surface area contributed by atoms with Crippen LogP contribution in [-0.2, 0) is 21.0 Å². The van der Waals surface area contributed by atoms with Crippen molar-refractivity contribution < 1.29 is 17.9 Å². The van der Waals surface area contributed by atoms with Gasteiger partial charge in [0.2, 0.25) is 0 Å². The zero-order valence-electron chi connectivity index (χ0n) is 16.5. The Hall–Kier alpha value is -2.13. The average molecular weight is 399 g/mol. The number of guanidine groups is 1. The van der Waals surface area contributed by atoms with Crippen molar-refractivity contribution in [2.24, 2.45) is 4.99 Å². The van der Waals surface area contributed by atoms with E-state index >= 15 is 0 Å². The molecule has 2 N–H and O–H groups in total. The Morgan fingerprint density at radius 3 is 2.52 bits per heavy atom. The highest BCUT2D eigenvalue weighted by Gasteiger charge is 2.08. The van der Waals surface area contributed by atoms with Gasteiger partial charge in [-0.05, 0) is 24.1 Å². The van der Waals surface area contributed by atoms with E-state index in [1.807, 2.05) is 24.3 Å². The molecule has 0 heterocycles. The van der Waals surface area contributed by atoms with Gasteiger partial charge in [-0.2, -0.15) is 0 Å². The van der Waals surface area contributed by atoms with Gasteiger partial charge in [0.1, 0.15) is 9.84 Å². The summed E-state index contributed by atoms with van der Waals surface area (Å²) in [5, 5.41) is 6.30. The minimum atomic E-state index is -2.99. The predicted molar refractivity (Wildman–Crippen MR) is 108 cm³/mol. The molecule has 9 heteroatoms. The lowest BCUT2D eigenvalue weighted by molar-refractivity contribution is 0.0827. The van der Waals surface area contributed by atoms with E-state index in [-0.39, 0.29) is 18.3 Å². The maximum atomic E-state index is 12.0. The van der Waals surface area contributed by atoms with Gasteiger partial charge in [-0.25, -0.2) is 8.42 Å². The van der Waals surface area contributed by atoms with Crippen LogP contribution in [0.3, 0.4) is 0 Å². The van der Waals surface area contributed by atoms with Crippen molar-refractivity contribution in [1.82, 2.24) is 15.5 Å². The number of amides is 1. The molecule has 0 unspecified atom stereocenters. The Morgan fingerprint density at radius 2 is 1.89 bits per heavy atom. The zero-order valence-corrected chi connectivity index (χ0v) is 17.3. The van der Waals surface area contributed by atoms with Crippen LogP contribution in [0.15, 0.2) is 29.3 Å². The summed E-state index contributed by atoms with van der Waals surface area (Å²) in [6.45, 7) is 1.77. The van der Waals surface area contributed by atoms with Gasteiger partial charge in [0.25, 0.3) is 5.91 Å². The minimum Gasteiger partial charge on any atom is -0.379 e. The summed E-state index contributed by atoms with van der Waals surface area (Å²) in [6.07, 6.45) is 1.94. The molecule has 8 nitrogen and oxygen atoms in total. The molecular weight excluding hydrogens is 368 g/mol. The summed E-state index contributed by atoms with van der Waals surface area (Å²) in [6, 6.07) is 7.58. The van der Waals surface area contributed by atoms with Crippen LogP contribution in [0.4, 0.5) is 0 Å². The van der Waals surface area contributed by atoms with Crippen molar-refractivity contribution in [1.29, 1.82) is 0 Å². The van der Waals surface area contributed by atoms with E-state index in [1.165, 1.54) is 6.26 Å². The molecule has 0 aromatic heterocycles. The van der Waals surface area contributed by atoms with Gasteiger partial charge in [0, 0.05) is 46.1 Å². The lowest BCUT2D eigenvalue weighted by Crippen LogP contribution is -2.40. The molecule has 0 atom stereocenters. The quantitative estimate of drug-likeness (QED) is 0.331. The molecule has 0 saturated heterocycles. The Labute approximate surface area is 161 Å². The third-order valence-corrected chi connectivity index (χ3v) is 4.56. The maximum absolute atomic E-state index is 12.0. The summed E-state index contributed by atoms with van der Waals surface area (Å²) >= 11 is 0. The van der Waals surface area contributed by atoms with Crippen molar-refractivity contribution in [3.05, 3.63) is 35.4 Å². The van der Waals surface area contributed by atoms with Crippen LogP contribution in [0.1, 0.15) is 15.9 Å². The molecule has 1 aromatic rings. The molecule has 27 heavy (non-hydrogen) atoms. The second-order valence-corrected chi connectivity index (χ2v) is 8.58.